The SMILES string of the molecule is CCCCCCCCCCC(C(=O)N1C(=O)OC[C@@H]1C(C)(C)C)c1ccccc1Sc1ccccc1. The zero-order chi connectivity index (χ0) is 26.0. The molecule has 1 unspecified atom stereocenters. The Hall–Kier alpha value is -2.27. The molecule has 1 heterocycles. The van der Waals surface area contributed by atoms with Crippen LogP contribution in [0.3, 0.4) is 0 Å². The second kappa shape index (κ2) is 13.9. The van der Waals surface area contributed by atoms with Gasteiger partial charge in [-0.2, -0.15) is 0 Å². The van der Waals surface area contributed by atoms with Crippen molar-refractivity contribution in [3.8, 4) is 0 Å². The highest BCUT2D eigenvalue weighted by molar-refractivity contribution is 7.99. The molecule has 0 N–H and O–H groups in total. The van der Waals surface area contributed by atoms with Gasteiger partial charge in [0.25, 0.3) is 0 Å². The molecule has 1 fully saturated rings. The molecule has 2 aromatic carbocycles. The van der Waals surface area contributed by atoms with Gasteiger partial charge in [0.2, 0.25) is 5.91 Å². The van der Waals surface area contributed by atoms with Crippen molar-refractivity contribution >= 4 is 23.8 Å². The van der Waals surface area contributed by atoms with E-state index in [2.05, 4.69) is 52.0 Å². The molecule has 0 spiro atoms. The largest absolute Gasteiger partial charge is 0.447 e. The van der Waals surface area contributed by atoms with Crippen LogP contribution in [0.15, 0.2) is 64.4 Å². The van der Waals surface area contributed by atoms with Crippen LogP contribution < -0.4 is 0 Å². The second-order valence-electron chi connectivity index (χ2n) is 10.9. The van der Waals surface area contributed by atoms with Crippen LogP contribution in [0, 0.1) is 5.41 Å². The summed E-state index contributed by atoms with van der Waals surface area (Å²) in [5.41, 5.74) is 0.759. The van der Waals surface area contributed by atoms with Crippen molar-refractivity contribution in [1.82, 2.24) is 4.90 Å². The maximum atomic E-state index is 14.1. The van der Waals surface area contributed by atoms with Gasteiger partial charge in [-0.1, -0.05) is 127 Å². The van der Waals surface area contributed by atoms with Crippen LogP contribution in [0.1, 0.15) is 97.0 Å². The molecule has 0 aliphatic carbocycles. The molecule has 0 saturated carbocycles. The molecule has 1 aliphatic rings. The lowest BCUT2D eigenvalue weighted by atomic mass is 9.85. The lowest BCUT2D eigenvalue weighted by Gasteiger charge is -2.33. The summed E-state index contributed by atoms with van der Waals surface area (Å²) in [7, 11) is 0. The summed E-state index contributed by atoms with van der Waals surface area (Å²) in [6.45, 7) is 8.69. The fraction of sp³-hybridized carbons (Fsp3) is 0.548. The first-order chi connectivity index (χ1) is 17.3. The first-order valence-corrected chi connectivity index (χ1v) is 14.5. The number of ether oxygens (including phenoxy) is 1. The normalized spacial score (nSPS) is 16.7. The molecule has 0 radical (unpaired) electrons. The summed E-state index contributed by atoms with van der Waals surface area (Å²) in [4.78, 5) is 30.5. The smallest absolute Gasteiger partial charge is 0.417 e. The molecule has 4 nitrogen and oxygen atoms in total. The Kier molecular flexibility index (Phi) is 10.9. The number of hydrogen-bond donors (Lipinski definition) is 0. The predicted molar refractivity (Wildman–Crippen MR) is 148 cm³/mol. The molecule has 1 saturated heterocycles. The monoisotopic (exact) mass is 509 g/mol. The highest BCUT2D eigenvalue weighted by Crippen LogP contribution is 2.39. The molecular weight excluding hydrogens is 466 g/mol. The Morgan fingerprint density at radius 3 is 2.22 bits per heavy atom. The minimum Gasteiger partial charge on any atom is -0.447 e. The van der Waals surface area contributed by atoms with Gasteiger partial charge in [-0.05, 0) is 35.6 Å². The zero-order valence-corrected chi connectivity index (χ0v) is 23.3. The highest BCUT2D eigenvalue weighted by Gasteiger charge is 2.46. The molecular formula is C31H43NO3S. The first-order valence-electron chi connectivity index (χ1n) is 13.6. The summed E-state index contributed by atoms with van der Waals surface area (Å²) in [6, 6.07) is 18.2. The highest BCUT2D eigenvalue weighted by atomic mass is 32.2. The van der Waals surface area contributed by atoms with Crippen LogP contribution in [0.5, 0.6) is 0 Å². The third-order valence-corrected chi connectivity index (χ3v) is 8.12. The Morgan fingerprint density at radius 2 is 1.56 bits per heavy atom. The van der Waals surface area contributed by atoms with Crippen molar-refractivity contribution < 1.29 is 14.3 Å². The van der Waals surface area contributed by atoms with E-state index < -0.39 is 6.09 Å². The van der Waals surface area contributed by atoms with Crippen LogP contribution in [-0.2, 0) is 9.53 Å². The predicted octanol–water partition coefficient (Wildman–Crippen LogP) is 8.85. The number of amides is 2. The van der Waals surface area contributed by atoms with E-state index in [1.165, 1.54) is 43.4 Å². The Labute approximate surface area is 222 Å². The number of carbonyl (C=O) groups is 2. The number of rotatable bonds is 13. The van der Waals surface area contributed by atoms with Gasteiger partial charge in [0, 0.05) is 9.79 Å². The summed E-state index contributed by atoms with van der Waals surface area (Å²) in [6.07, 6.45) is 9.94. The number of hydrogen-bond acceptors (Lipinski definition) is 4. The number of benzene rings is 2. The lowest BCUT2D eigenvalue weighted by Crippen LogP contribution is -2.47. The fourth-order valence-corrected chi connectivity index (χ4v) is 5.86. The molecule has 2 aromatic rings. The number of unbranched alkanes of at least 4 members (excludes halogenated alkanes) is 7. The van der Waals surface area contributed by atoms with Gasteiger partial charge in [-0.15, -0.1) is 0 Å². The van der Waals surface area contributed by atoms with Gasteiger partial charge >= 0.3 is 6.09 Å². The Morgan fingerprint density at radius 1 is 0.944 bits per heavy atom. The van der Waals surface area contributed by atoms with Gasteiger partial charge in [-0.25, -0.2) is 9.69 Å². The minimum atomic E-state index is -0.506. The van der Waals surface area contributed by atoms with Gasteiger partial charge in [0.05, 0.1) is 12.0 Å². The topological polar surface area (TPSA) is 46.6 Å². The molecule has 2 atom stereocenters. The van der Waals surface area contributed by atoms with E-state index in [9.17, 15) is 9.59 Å². The number of cyclic esters (lactones) is 1. The van der Waals surface area contributed by atoms with E-state index in [-0.39, 0.29) is 29.9 Å². The third-order valence-electron chi connectivity index (χ3n) is 7.02. The Balaban J connectivity index is 1.81. The number of nitrogens with zero attached hydrogens (tertiary/aromatic N) is 1. The molecule has 2 amide bonds. The van der Waals surface area contributed by atoms with Crippen molar-refractivity contribution in [3.05, 3.63) is 60.2 Å². The van der Waals surface area contributed by atoms with Gasteiger partial charge < -0.3 is 4.74 Å². The quantitative estimate of drug-likeness (QED) is 0.253. The van der Waals surface area contributed by atoms with Crippen LogP contribution >= 0.6 is 11.8 Å². The van der Waals surface area contributed by atoms with Gasteiger partial charge in [0.15, 0.2) is 0 Å². The van der Waals surface area contributed by atoms with Gasteiger partial charge in [0.1, 0.15) is 6.61 Å². The number of imide groups is 1. The van der Waals surface area contributed by atoms with E-state index in [1.54, 1.807) is 11.8 Å². The standard InChI is InChI=1S/C31H43NO3S/c1-5-6-7-8-9-10-11-15-21-26(29(33)32-28(31(2,3)4)23-35-30(32)34)25-20-16-17-22-27(25)36-24-18-13-12-14-19-24/h12-14,16-20,22,26,28H,5-11,15,21,23H2,1-4H3/t26?,28-/m1/s1. The van der Waals surface area contributed by atoms with E-state index in [0.29, 0.717) is 0 Å². The van der Waals surface area contributed by atoms with E-state index in [1.807, 2.05) is 30.3 Å². The third kappa shape index (κ3) is 7.86. The van der Waals surface area contributed by atoms with Gasteiger partial charge in [-0.3, -0.25) is 4.79 Å². The van der Waals surface area contributed by atoms with E-state index in [4.69, 9.17) is 4.74 Å². The molecule has 36 heavy (non-hydrogen) atoms. The summed E-state index contributed by atoms with van der Waals surface area (Å²) in [5.74, 6) is -0.491. The summed E-state index contributed by atoms with van der Waals surface area (Å²) >= 11 is 1.68. The fourth-order valence-electron chi connectivity index (χ4n) is 4.84. The van der Waals surface area contributed by atoms with Crippen LogP contribution in [0.25, 0.3) is 0 Å². The maximum absolute atomic E-state index is 14.1. The van der Waals surface area contributed by atoms with Crippen molar-refractivity contribution in [2.75, 3.05) is 6.61 Å². The molecule has 5 heteroatoms. The zero-order valence-electron chi connectivity index (χ0n) is 22.5. The van der Waals surface area contributed by atoms with Crippen molar-refractivity contribution in [2.24, 2.45) is 5.41 Å². The van der Waals surface area contributed by atoms with Crippen molar-refractivity contribution in [2.45, 2.75) is 107 Å². The van der Waals surface area contributed by atoms with Crippen molar-refractivity contribution in [3.63, 3.8) is 0 Å². The summed E-state index contributed by atoms with van der Waals surface area (Å²) in [5, 5.41) is 0. The Bertz CT molecular complexity index is 969. The average Bonchev–Trinajstić information content (AvgIpc) is 3.26. The van der Waals surface area contributed by atoms with Crippen LogP contribution in [0.4, 0.5) is 4.79 Å². The summed E-state index contributed by atoms with van der Waals surface area (Å²) < 4.78 is 5.39. The van der Waals surface area contributed by atoms with E-state index >= 15 is 0 Å². The maximum Gasteiger partial charge on any atom is 0.417 e. The van der Waals surface area contributed by atoms with Crippen LogP contribution in [0.2, 0.25) is 0 Å². The van der Waals surface area contributed by atoms with Crippen molar-refractivity contribution in [1.29, 1.82) is 0 Å². The van der Waals surface area contributed by atoms with E-state index in [0.717, 1.165) is 34.6 Å². The average molecular weight is 510 g/mol. The molecule has 1 aliphatic heterocycles. The molecule has 0 aromatic heterocycles. The molecule has 0 bridgehead atoms. The molecule has 3 rings (SSSR count). The number of carbonyl (C=O) groups excluding carboxylic acids is 2. The first kappa shape index (κ1) is 28.3. The molecule has 196 valence electrons. The van der Waals surface area contributed by atoms with Crippen LogP contribution in [-0.4, -0.2) is 29.5 Å². The minimum absolute atomic E-state index is 0.124. The second-order valence-corrected chi connectivity index (χ2v) is 12.1. The lowest BCUT2D eigenvalue weighted by molar-refractivity contribution is -0.132.